The molecule has 0 spiro atoms. The van der Waals surface area contributed by atoms with Crippen molar-refractivity contribution in [1.29, 1.82) is 0 Å². The van der Waals surface area contributed by atoms with Crippen molar-refractivity contribution in [2.75, 3.05) is 10.6 Å². The Labute approximate surface area is 164 Å². The molecule has 1 amide bonds. The zero-order chi connectivity index (χ0) is 20.3. The van der Waals surface area contributed by atoms with Crippen LogP contribution in [0.3, 0.4) is 0 Å². The normalized spacial score (nSPS) is 10.4. The molecule has 28 heavy (non-hydrogen) atoms. The van der Waals surface area contributed by atoms with Gasteiger partial charge in [-0.3, -0.25) is 9.59 Å². The molecule has 0 fully saturated rings. The standard InChI is InChI=1S/C22H22N4O2/c1-13-8-9-14(2)19(10-13)26-21-12-20(23-16(4)24-21)22(28)25-18-7-5-6-17(11-18)15(3)27/h5-12H,1-4H3,(H,25,28)(H,23,24,26). The van der Waals surface area contributed by atoms with Crippen molar-refractivity contribution in [2.24, 2.45) is 0 Å². The van der Waals surface area contributed by atoms with E-state index in [0.717, 1.165) is 16.8 Å². The van der Waals surface area contributed by atoms with Crippen LogP contribution < -0.4 is 10.6 Å². The first-order valence-corrected chi connectivity index (χ1v) is 8.94. The molecule has 0 aliphatic rings. The van der Waals surface area contributed by atoms with Gasteiger partial charge in [0.2, 0.25) is 0 Å². The first-order valence-electron chi connectivity index (χ1n) is 8.94. The molecule has 2 N–H and O–H groups in total. The first-order chi connectivity index (χ1) is 13.3. The van der Waals surface area contributed by atoms with E-state index in [1.54, 1.807) is 37.3 Å². The van der Waals surface area contributed by atoms with Gasteiger partial charge in [0.25, 0.3) is 5.91 Å². The lowest BCUT2D eigenvalue weighted by Gasteiger charge is -2.12. The fourth-order valence-electron chi connectivity index (χ4n) is 2.77. The molecule has 3 aromatic rings. The van der Waals surface area contributed by atoms with Crippen molar-refractivity contribution >= 4 is 28.9 Å². The van der Waals surface area contributed by atoms with Crippen molar-refractivity contribution in [2.45, 2.75) is 27.7 Å². The van der Waals surface area contributed by atoms with Crippen molar-refractivity contribution in [3.05, 3.63) is 76.7 Å². The molecule has 0 radical (unpaired) electrons. The van der Waals surface area contributed by atoms with Gasteiger partial charge in [-0.05, 0) is 57.0 Å². The topological polar surface area (TPSA) is 84.0 Å². The van der Waals surface area contributed by atoms with Gasteiger partial charge in [0.05, 0.1) is 0 Å². The lowest BCUT2D eigenvalue weighted by Crippen LogP contribution is -2.15. The van der Waals surface area contributed by atoms with Gasteiger partial charge >= 0.3 is 0 Å². The maximum atomic E-state index is 12.7. The number of hydrogen-bond acceptors (Lipinski definition) is 5. The number of carbonyl (C=O) groups excluding carboxylic acids is 2. The number of nitrogens with one attached hydrogen (secondary N) is 2. The fraction of sp³-hybridized carbons (Fsp3) is 0.182. The van der Waals surface area contributed by atoms with Crippen LogP contribution in [0.25, 0.3) is 0 Å². The summed E-state index contributed by atoms with van der Waals surface area (Å²) in [5.41, 5.74) is 4.45. The minimum Gasteiger partial charge on any atom is -0.340 e. The number of aryl methyl sites for hydroxylation is 3. The van der Waals surface area contributed by atoms with Crippen LogP contribution in [0.4, 0.5) is 17.2 Å². The second kappa shape index (κ2) is 8.00. The summed E-state index contributed by atoms with van der Waals surface area (Å²) < 4.78 is 0. The van der Waals surface area contributed by atoms with E-state index in [-0.39, 0.29) is 17.4 Å². The van der Waals surface area contributed by atoms with E-state index >= 15 is 0 Å². The molecule has 0 bridgehead atoms. The summed E-state index contributed by atoms with van der Waals surface area (Å²) in [5.74, 6) is 0.603. The molecule has 0 saturated heterocycles. The number of ketones is 1. The van der Waals surface area contributed by atoms with Gasteiger partial charge in [-0.15, -0.1) is 0 Å². The number of hydrogen-bond donors (Lipinski definition) is 2. The average molecular weight is 374 g/mol. The van der Waals surface area contributed by atoms with Crippen LogP contribution in [0.1, 0.15) is 44.7 Å². The lowest BCUT2D eigenvalue weighted by atomic mass is 10.1. The summed E-state index contributed by atoms with van der Waals surface area (Å²) in [5, 5.41) is 6.04. The Morgan fingerprint density at radius 1 is 0.929 bits per heavy atom. The van der Waals surface area contributed by atoms with E-state index in [1.807, 2.05) is 32.0 Å². The van der Waals surface area contributed by atoms with Crippen LogP contribution in [0, 0.1) is 20.8 Å². The number of carbonyl (C=O) groups is 2. The number of anilines is 3. The molecule has 1 heterocycles. The van der Waals surface area contributed by atoms with Crippen molar-refractivity contribution in [3.8, 4) is 0 Å². The van der Waals surface area contributed by atoms with Crippen LogP contribution in [0.5, 0.6) is 0 Å². The SMILES string of the molecule is CC(=O)c1cccc(NC(=O)c2cc(Nc3cc(C)ccc3C)nc(C)n2)c1. The molecule has 0 saturated carbocycles. The van der Waals surface area contributed by atoms with Gasteiger partial charge in [0.1, 0.15) is 17.3 Å². The largest absolute Gasteiger partial charge is 0.340 e. The smallest absolute Gasteiger partial charge is 0.274 e. The minimum absolute atomic E-state index is 0.0611. The summed E-state index contributed by atoms with van der Waals surface area (Å²) in [4.78, 5) is 32.8. The summed E-state index contributed by atoms with van der Waals surface area (Å²) in [7, 11) is 0. The molecule has 0 unspecified atom stereocenters. The fourth-order valence-corrected chi connectivity index (χ4v) is 2.77. The quantitative estimate of drug-likeness (QED) is 0.638. The van der Waals surface area contributed by atoms with Gasteiger partial charge < -0.3 is 10.6 Å². The number of amides is 1. The van der Waals surface area contributed by atoms with Crippen molar-refractivity contribution < 1.29 is 9.59 Å². The highest BCUT2D eigenvalue weighted by Crippen LogP contribution is 2.21. The predicted molar refractivity (Wildman–Crippen MR) is 110 cm³/mol. The lowest BCUT2D eigenvalue weighted by molar-refractivity contribution is 0.100. The molecule has 3 rings (SSSR count). The predicted octanol–water partition coefficient (Wildman–Crippen LogP) is 4.60. The van der Waals surface area contributed by atoms with Crippen LogP contribution in [0.2, 0.25) is 0 Å². The number of Topliss-reactive ketones (excluding diaryl/α,β-unsaturated/α-hetero) is 1. The Hall–Kier alpha value is -3.54. The highest BCUT2D eigenvalue weighted by molar-refractivity contribution is 6.04. The molecule has 2 aromatic carbocycles. The Morgan fingerprint density at radius 3 is 2.46 bits per heavy atom. The number of benzene rings is 2. The average Bonchev–Trinajstić information content (AvgIpc) is 2.64. The monoisotopic (exact) mass is 374 g/mol. The summed E-state index contributed by atoms with van der Waals surface area (Å²) in [6.45, 7) is 7.25. The van der Waals surface area contributed by atoms with E-state index in [2.05, 4.69) is 20.6 Å². The second-order valence-corrected chi connectivity index (χ2v) is 6.72. The Morgan fingerprint density at radius 2 is 1.71 bits per heavy atom. The van der Waals surface area contributed by atoms with Gasteiger partial charge in [0, 0.05) is 23.0 Å². The third kappa shape index (κ3) is 4.59. The molecule has 6 nitrogen and oxygen atoms in total. The maximum absolute atomic E-state index is 12.7. The van der Waals surface area contributed by atoms with Crippen molar-refractivity contribution in [3.63, 3.8) is 0 Å². The maximum Gasteiger partial charge on any atom is 0.274 e. The summed E-state index contributed by atoms with van der Waals surface area (Å²) in [6.07, 6.45) is 0. The number of aromatic nitrogens is 2. The molecule has 1 aromatic heterocycles. The Bertz CT molecular complexity index is 1060. The van der Waals surface area contributed by atoms with Crippen LogP contribution >= 0.6 is 0 Å². The molecular formula is C22H22N4O2. The van der Waals surface area contributed by atoms with E-state index in [9.17, 15) is 9.59 Å². The highest BCUT2D eigenvalue weighted by Gasteiger charge is 2.12. The molecule has 0 atom stereocenters. The summed E-state index contributed by atoms with van der Waals surface area (Å²) >= 11 is 0. The molecule has 0 aliphatic carbocycles. The highest BCUT2D eigenvalue weighted by atomic mass is 16.2. The Balaban J connectivity index is 1.84. The van der Waals surface area contributed by atoms with E-state index in [0.29, 0.717) is 22.9 Å². The Kier molecular flexibility index (Phi) is 5.49. The van der Waals surface area contributed by atoms with Crippen LogP contribution in [-0.2, 0) is 0 Å². The van der Waals surface area contributed by atoms with Gasteiger partial charge in [-0.2, -0.15) is 0 Å². The number of nitrogens with zero attached hydrogens (tertiary/aromatic N) is 2. The van der Waals surface area contributed by atoms with Crippen LogP contribution in [0.15, 0.2) is 48.5 Å². The molecule has 142 valence electrons. The van der Waals surface area contributed by atoms with E-state index < -0.39 is 0 Å². The molecule has 6 heteroatoms. The molecule has 0 aliphatic heterocycles. The minimum atomic E-state index is -0.366. The van der Waals surface area contributed by atoms with Crippen LogP contribution in [-0.4, -0.2) is 21.7 Å². The van der Waals surface area contributed by atoms with E-state index in [1.165, 1.54) is 6.92 Å². The first kappa shape index (κ1) is 19.2. The van der Waals surface area contributed by atoms with Gasteiger partial charge in [0.15, 0.2) is 5.78 Å². The van der Waals surface area contributed by atoms with Gasteiger partial charge in [-0.1, -0.05) is 24.3 Å². The molecular weight excluding hydrogens is 352 g/mol. The second-order valence-electron chi connectivity index (χ2n) is 6.72. The van der Waals surface area contributed by atoms with E-state index in [4.69, 9.17) is 0 Å². The van der Waals surface area contributed by atoms with Gasteiger partial charge in [-0.25, -0.2) is 9.97 Å². The number of rotatable bonds is 5. The van der Waals surface area contributed by atoms with Crippen molar-refractivity contribution in [1.82, 2.24) is 9.97 Å². The summed E-state index contributed by atoms with van der Waals surface area (Å²) in [6, 6.07) is 14.5. The third-order valence-electron chi connectivity index (χ3n) is 4.25. The zero-order valence-corrected chi connectivity index (χ0v) is 16.3. The third-order valence-corrected chi connectivity index (χ3v) is 4.25. The zero-order valence-electron chi connectivity index (χ0n) is 16.3.